The Labute approximate surface area is 69.5 Å². The van der Waals surface area contributed by atoms with Crippen molar-refractivity contribution in [3.63, 3.8) is 0 Å². The van der Waals surface area contributed by atoms with Crippen LogP contribution < -0.4 is 11.1 Å². The molecule has 0 bridgehead atoms. The molecule has 2 unspecified atom stereocenters. The molecule has 0 aromatic carbocycles. The van der Waals surface area contributed by atoms with E-state index in [-0.39, 0.29) is 0 Å². The number of rotatable bonds is 1. The maximum atomic E-state index is 6.04. The Morgan fingerprint density at radius 2 is 1.91 bits per heavy atom. The van der Waals surface area contributed by atoms with Crippen LogP contribution in [0.15, 0.2) is 0 Å². The van der Waals surface area contributed by atoms with Gasteiger partial charge in [0.15, 0.2) is 0 Å². The highest BCUT2D eigenvalue weighted by atomic mass is 14.9. The molecule has 1 fully saturated rings. The van der Waals surface area contributed by atoms with Crippen molar-refractivity contribution in [2.75, 3.05) is 13.1 Å². The first-order chi connectivity index (χ1) is 5.22. The van der Waals surface area contributed by atoms with Crippen molar-refractivity contribution in [2.45, 2.75) is 32.7 Å². The molecule has 0 spiro atoms. The minimum atomic E-state index is 0.421. The summed E-state index contributed by atoms with van der Waals surface area (Å²) in [6.07, 6.45) is 2.39. The highest BCUT2D eigenvalue weighted by Crippen LogP contribution is 2.20. The predicted octanol–water partition coefficient (Wildman–Crippen LogP) is 0.969. The van der Waals surface area contributed by atoms with Crippen LogP contribution in [0.1, 0.15) is 26.7 Å². The molecule has 2 nitrogen and oxygen atoms in total. The van der Waals surface area contributed by atoms with Crippen molar-refractivity contribution in [3.05, 3.63) is 0 Å². The van der Waals surface area contributed by atoms with Crippen LogP contribution >= 0.6 is 0 Å². The predicted molar refractivity (Wildman–Crippen MR) is 48.4 cm³/mol. The van der Waals surface area contributed by atoms with E-state index in [2.05, 4.69) is 19.2 Å². The molecular weight excluding hydrogens is 136 g/mol. The van der Waals surface area contributed by atoms with Gasteiger partial charge in [-0.1, -0.05) is 13.8 Å². The van der Waals surface area contributed by atoms with Crippen LogP contribution in [0, 0.1) is 11.8 Å². The average Bonchev–Trinajstić information content (AvgIpc) is 2.13. The van der Waals surface area contributed by atoms with Gasteiger partial charge in [-0.2, -0.15) is 0 Å². The lowest BCUT2D eigenvalue weighted by Gasteiger charge is -2.24. The van der Waals surface area contributed by atoms with E-state index in [9.17, 15) is 0 Å². The molecule has 1 saturated heterocycles. The Bertz CT molecular complexity index is 112. The fourth-order valence-corrected chi connectivity index (χ4v) is 1.92. The van der Waals surface area contributed by atoms with E-state index in [1.165, 1.54) is 6.42 Å². The lowest BCUT2D eigenvalue weighted by molar-refractivity contribution is 0.308. The monoisotopic (exact) mass is 156 g/mol. The largest absolute Gasteiger partial charge is 0.327 e. The van der Waals surface area contributed by atoms with Crippen LogP contribution in [0.3, 0.4) is 0 Å². The number of nitrogens with two attached hydrogens (primary N) is 1. The van der Waals surface area contributed by atoms with Crippen molar-refractivity contribution in [1.29, 1.82) is 0 Å². The van der Waals surface area contributed by atoms with Crippen molar-refractivity contribution in [1.82, 2.24) is 5.32 Å². The first-order valence-electron chi connectivity index (χ1n) is 4.68. The summed E-state index contributed by atoms with van der Waals surface area (Å²) in [5.41, 5.74) is 6.04. The summed E-state index contributed by atoms with van der Waals surface area (Å²) in [5.74, 6) is 1.47. The quantitative estimate of drug-likeness (QED) is 0.593. The molecule has 0 radical (unpaired) electrons. The van der Waals surface area contributed by atoms with Gasteiger partial charge < -0.3 is 11.1 Å². The van der Waals surface area contributed by atoms with Gasteiger partial charge in [0.2, 0.25) is 0 Å². The van der Waals surface area contributed by atoms with E-state index in [4.69, 9.17) is 5.73 Å². The van der Waals surface area contributed by atoms with Crippen LogP contribution in [-0.4, -0.2) is 19.1 Å². The van der Waals surface area contributed by atoms with Crippen molar-refractivity contribution >= 4 is 0 Å². The van der Waals surface area contributed by atoms with E-state index in [0.29, 0.717) is 6.04 Å². The molecule has 0 aromatic heterocycles. The van der Waals surface area contributed by atoms with Crippen molar-refractivity contribution in [3.8, 4) is 0 Å². The zero-order valence-electron chi connectivity index (χ0n) is 7.64. The number of hydrogen-bond acceptors (Lipinski definition) is 2. The molecule has 11 heavy (non-hydrogen) atoms. The normalized spacial score (nSPS) is 33.8. The Kier molecular flexibility index (Phi) is 3.34. The second kappa shape index (κ2) is 4.07. The molecular formula is C9H20N2. The van der Waals surface area contributed by atoms with E-state index in [1.54, 1.807) is 0 Å². The van der Waals surface area contributed by atoms with E-state index < -0.39 is 0 Å². The van der Waals surface area contributed by atoms with Gasteiger partial charge >= 0.3 is 0 Å². The minimum Gasteiger partial charge on any atom is -0.327 e. The van der Waals surface area contributed by atoms with Gasteiger partial charge in [0, 0.05) is 6.04 Å². The first-order valence-corrected chi connectivity index (χ1v) is 4.68. The van der Waals surface area contributed by atoms with Crippen LogP contribution in [0.2, 0.25) is 0 Å². The summed E-state index contributed by atoms with van der Waals surface area (Å²) < 4.78 is 0. The summed E-state index contributed by atoms with van der Waals surface area (Å²) >= 11 is 0. The number of hydrogen-bond donors (Lipinski definition) is 2. The molecule has 0 aromatic rings. The lowest BCUT2D eigenvalue weighted by Crippen LogP contribution is -2.33. The standard InChI is InChI=1S/C9H20N2/c1-7(2)8-3-5-11-6-4-9(8)10/h7-9,11H,3-6,10H2,1-2H3. The first kappa shape index (κ1) is 9.01. The zero-order valence-corrected chi connectivity index (χ0v) is 7.64. The highest BCUT2D eigenvalue weighted by Gasteiger charge is 2.22. The number of nitrogens with one attached hydrogen (secondary N) is 1. The summed E-state index contributed by atoms with van der Waals surface area (Å²) in [6.45, 7) is 6.80. The molecule has 1 aliphatic heterocycles. The van der Waals surface area contributed by atoms with Gasteiger partial charge in [-0.3, -0.25) is 0 Å². The fraction of sp³-hybridized carbons (Fsp3) is 1.00. The van der Waals surface area contributed by atoms with Gasteiger partial charge in [-0.25, -0.2) is 0 Å². The Morgan fingerprint density at radius 1 is 1.27 bits per heavy atom. The summed E-state index contributed by atoms with van der Waals surface area (Å²) in [6, 6.07) is 0.421. The second-order valence-corrected chi connectivity index (χ2v) is 3.90. The third-order valence-electron chi connectivity index (χ3n) is 2.72. The van der Waals surface area contributed by atoms with Gasteiger partial charge in [-0.15, -0.1) is 0 Å². The maximum Gasteiger partial charge on any atom is 0.00821 e. The summed E-state index contributed by atoms with van der Waals surface area (Å²) in [4.78, 5) is 0. The third kappa shape index (κ3) is 2.46. The van der Waals surface area contributed by atoms with E-state index in [0.717, 1.165) is 31.3 Å². The molecule has 66 valence electrons. The third-order valence-corrected chi connectivity index (χ3v) is 2.72. The Morgan fingerprint density at radius 3 is 2.55 bits per heavy atom. The average molecular weight is 156 g/mol. The SMILES string of the molecule is CC(C)C1CCNCCC1N. The van der Waals surface area contributed by atoms with Crippen molar-refractivity contribution in [2.24, 2.45) is 17.6 Å². The van der Waals surface area contributed by atoms with Crippen LogP contribution in [0.5, 0.6) is 0 Å². The molecule has 1 heterocycles. The second-order valence-electron chi connectivity index (χ2n) is 3.90. The van der Waals surface area contributed by atoms with Crippen LogP contribution in [-0.2, 0) is 0 Å². The minimum absolute atomic E-state index is 0.421. The Hall–Kier alpha value is -0.0800. The maximum absolute atomic E-state index is 6.04. The van der Waals surface area contributed by atoms with E-state index in [1.807, 2.05) is 0 Å². The molecule has 1 aliphatic rings. The van der Waals surface area contributed by atoms with E-state index >= 15 is 0 Å². The molecule has 0 saturated carbocycles. The van der Waals surface area contributed by atoms with Crippen LogP contribution in [0.4, 0.5) is 0 Å². The molecule has 2 heteroatoms. The highest BCUT2D eigenvalue weighted by molar-refractivity contribution is 4.79. The summed E-state index contributed by atoms with van der Waals surface area (Å²) in [5, 5.41) is 3.38. The molecule has 2 atom stereocenters. The molecule has 3 N–H and O–H groups in total. The molecule has 0 aliphatic carbocycles. The van der Waals surface area contributed by atoms with Gasteiger partial charge in [0.25, 0.3) is 0 Å². The van der Waals surface area contributed by atoms with Crippen molar-refractivity contribution < 1.29 is 0 Å². The smallest absolute Gasteiger partial charge is 0.00821 e. The van der Waals surface area contributed by atoms with Gasteiger partial charge in [-0.05, 0) is 37.8 Å². The topological polar surface area (TPSA) is 38.0 Å². The summed E-state index contributed by atoms with van der Waals surface area (Å²) in [7, 11) is 0. The Balaban J connectivity index is 2.45. The van der Waals surface area contributed by atoms with Gasteiger partial charge in [0.05, 0.1) is 0 Å². The molecule has 1 rings (SSSR count). The fourth-order valence-electron chi connectivity index (χ4n) is 1.92. The lowest BCUT2D eigenvalue weighted by atomic mass is 9.85. The molecule has 0 amide bonds. The van der Waals surface area contributed by atoms with Crippen LogP contribution in [0.25, 0.3) is 0 Å². The van der Waals surface area contributed by atoms with Gasteiger partial charge in [0.1, 0.15) is 0 Å². The zero-order chi connectivity index (χ0) is 8.27.